The van der Waals surface area contributed by atoms with E-state index in [0.29, 0.717) is 5.82 Å². The molecule has 3 heterocycles. The van der Waals surface area contributed by atoms with E-state index in [-0.39, 0.29) is 0 Å². The monoisotopic (exact) mass is 715 g/mol. The van der Waals surface area contributed by atoms with Crippen LogP contribution in [-0.2, 0) is 0 Å². The topological polar surface area (TPSA) is 43.9 Å². The lowest BCUT2D eigenvalue weighted by molar-refractivity contribution is 0.666. The largest absolute Gasteiger partial charge is 0.454 e. The third-order valence-corrected chi connectivity index (χ3v) is 10.8. The molecule has 11 rings (SSSR count). The lowest BCUT2D eigenvalue weighted by atomic mass is 10.0. The van der Waals surface area contributed by atoms with Gasteiger partial charge in [-0.2, -0.15) is 0 Å². The standard InChI is InChI=1S/C52H33N3O/c1-5-15-34(16-6-1)38-28-30-46-43(31-38)40-29-27-39(35-17-7-2-8-18-35)32-48(40)55(46)47-25-13-24-42-50-41(23-14-26-49(50)56-51(42)47)45-33-44(36-19-9-3-10-20-36)53-52(54-45)37-21-11-4-12-22-37/h1-33H. The first-order chi connectivity index (χ1) is 27.8. The molecule has 4 nitrogen and oxygen atoms in total. The summed E-state index contributed by atoms with van der Waals surface area (Å²) in [6.45, 7) is 0. The molecule has 0 aliphatic rings. The van der Waals surface area contributed by atoms with E-state index in [1.165, 1.54) is 27.5 Å². The SMILES string of the molecule is c1ccc(-c2ccc3c(c2)c2ccc(-c4ccccc4)cc2n3-c2cccc3c2oc2cccc(-c4cc(-c5ccccc5)nc(-c5ccccc5)n4)c23)cc1. The number of hydrogen-bond donors (Lipinski definition) is 0. The number of fused-ring (bicyclic) bond motifs is 6. The maximum Gasteiger partial charge on any atom is 0.160 e. The molecule has 0 bridgehead atoms. The lowest BCUT2D eigenvalue weighted by Gasteiger charge is -2.11. The van der Waals surface area contributed by atoms with Crippen molar-refractivity contribution in [2.45, 2.75) is 0 Å². The summed E-state index contributed by atoms with van der Waals surface area (Å²) in [5.41, 5.74) is 14.3. The molecule has 3 aromatic heterocycles. The van der Waals surface area contributed by atoms with Gasteiger partial charge in [0, 0.05) is 38.2 Å². The molecule has 0 aliphatic carbocycles. The number of benzene rings is 8. The second kappa shape index (κ2) is 13.1. The fourth-order valence-corrected chi connectivity index (χ4v) is 8.18. The Hall–Kier alpha value is -7.56. The summed E-state index contributed by atoms with van der Waals surface area (Å²) in [4.78, 5) is 10.3. The highest BCUT2D eigenvalue weighted by atomic mass is 16.3. The zero-order valence-electron chi connectivity index (χ0n) is 30.3. The van der Waals surface area contributed by atoms with Gasteiger partial charge in [0.15, 0.2) is 11.4 Å². The first-order valence-electron chi connectivity index (χ1n) is 18.9. The number of hydrogen-bond acceptors (Lipinski definition) is 3. The Labute approximate surface area is 323 Å². The van der Waals surface area contributed by atoms with Crippen molar-refractivity contribution in [3.8, 4) is 61.8 Å². The Morgan fingerprint density at radius 2 is 0.982 bits per heavy atom. The molecular formula is C52H33N3O. The van der Waals surface area contributed by atoms with Crippen LogP contribution in [0.3, 0.4) is 0 Å². The summed E-state index contributed by atoms with van der Waals surface area (Å²) in [5, 5.41) is 4.44. The van der Waals surface area contributed by atoms with Crippen LogP contribution in [0.15, 0.2) is 205 Å². The maximum absolute atomic E-state index is 6.94. The minimum atomic E-state index is 0.682. The number of rotatable bonds is 6. The van der Waals surface area contributed by atoms with E-state index in [0.717, 1.165) is 72.3 Å². The fourth-order valence-electron chi connectivity index (χ4n) is 8.18. The zero-order chi connectivity index (χ0) is 37.0. The molecule has 11 aromatic rings. The average molecular weight is 716 g/mol. The van der Waals surface area contributed by atoms with Gasteiger partial charge in [0.2, 0.25) is 0 Å². The van der Waals surface area contributed by atoms with E-state index < -0.39 is 0 Å². The highest BCUT2D eigenvalue weighted by Crippen LogP contribution is 2.43. The third-order valence-electron chi connectivity index (χ3n) is 10.8. The van der Waals surface area contributed by atoms with Crippen molar-refractivity contribution >= 4 is 43.7 Å². The summed E-state index contributed by atoms with van der Waals surface area (Å²) < 4.78 is 9.32. The Bertz CT molecular complexity index is 3160. The maximum atomic E-state index is 6.94. The molecule has 8 aromatic carbocycles. The Morgan fingerprint density at radius 3 is 1.70 bits per heavy atom. The zero-order valence-corrected chi connectivity index (χ0v) is 30.3. The predicted octanol–water partition coefficient (Wildman–Crippen LogP) is 13.8. The minimum Gasteiger partial charge on any atom is -0.454 e. The van der Waals surface area contributed by atoms with Gasteiger partial charge >= 0.3 is 0 Å². The summed E-state index contributed by atoms with van der Waals surface area (Å²) in [6.07, 6.45) is 0. The summed E-state index contributed by atoms with van der Waals surface area (Å²) in [7, 11) is 0. The van der Waals surface area contributed by atoms with Crippen molar-refractivity contribution in [3.63, 3.8) is 0 Å². The van der Waals surface area contributed by atoms with Gasteiger partial charge in [-0.25, -0.2) is 9.97 Å². The molecule has 0 amide bonds. The molecule has 0 N–H and O–H groups in total. The van der Waals surface area contributed by atoms with Crippen molar-refractivity contribution in [2.24, 2.45) is 0 Å². The third kappa shape index (κ3) is 5.31. The molecule has 262 valence electrons. The molecule has 0 aliphatic heterocycles. The molecule has 0 fully saturated rings. The molecule has 4 heteroatoms. The van der Waals surface area contributed by atoms with Crippen LogP contribution in [0.25, 0.3) is 106 Å². The van der Waals surface area contributed by atoms with Crippen LogP contribution in [-0.4, -0.2) is 14.5 Å². The van der Waals surface area contributed by atoms with Crippen LogP contribution in [0.4, 0.5) is 0 Å². The van der Waals surface area contributed by atoms with E-state index in [9.17, 15) is 0 Å². The van der Waals surface area contributed by atoms with E-state index >= 15 is 0 Å². The molecule has 0 saturated carbocycles. The van der Waals surface area contributed by atoms with Crippen LogP contribution in [0, 0.1) is 0 Å². The van der Waals surface area contributed by atoms with Crippen LogP contribution in [0.1, 0.15) is 0 Å². The van der Waals surface area contributed by atoms with Gasteiger partial charge in [0.1, 0.15) is 5.58 Å². The molecule has 0 unspecified atom stereocenters. The van der Waals surface area contributed by atoms with Crippen molar-refractivity contribution in [2.75, 3.05) is 0 Å². The summed E-state index contributed by atoms with van der Waals surface area (Å²) in [6, 6.07) is 70.2. The van der Waals surface area contributed by atoms with Crippen molar-refractivity contribution in [1.29, 1.82) is 0 Å². The van der Waals surface area contributed by atoms with E-state index in [1.54, 1.807) is 0 Å². The minimum absolute atomic E-state index is 0.682. The molecule has 0 saturated heterocycles. The summed E-state index contributed by atoms with van der Waals surface area (Å²) >= 11 is 0. The van der Waals surface area contributed by atoms with Crippen LogP contribution >= 0.6 is 0 Å². The lowest BCUT2D eigenvalue weighted by Crippen LogP contribution is -1.96. The second-order valence-electron chi connectivity index (χ2n) is 14.2. The number of aromatic nitrogens is 3. The fraction of sp³-hybridized carbons (Fsp3) is 0. The van der Waals surface area contributed by atoms with E-state index in [2.05, 4.69) is 168 Å². The van der Waals surface area contributed by atoms with Gasteiger partial charge in [0.05, 0.1) is 28.1 Å². The van der Waals surface area contributed by atoms with Crippen LogP contribution in [0.5, 0.6) is 0 Å². The Balaban J connectivity index is 1.16. The van der Waals surface area contributed by atoms with Gasteiger partial charge < -0.3 is 8.98 Å². The van der Waals surface area contributed by atoms with Gasteiger partial charge in [0.25, 0.3) is 0 Å². The number of nitrogens with zero attached hydrogens (tertiary/aromatic N) is 3. The normalized spacial score (nSPS) is 11.6. The summed E-state index contributed by atoms with van der Waals surface area (Å²) in [5.74, 6) is 0.682. The predicted molar refractivity (Wildman–Crippen MR) is 231 cm³/mol. The molecular weight excluding hydrogens is 683 g/mol. The van der Waals surface area contributed by atoms with Gasteiger partial charge in [-0.15, -0.1) is 0 Å². The van der Waals surface area contributed by atoms with Gasteiger partial charge in [-0.1, -0.05) is 164 Å². The highest BCUT2D eigenvalue weighted by Gasteiger charge is 2.21. The van der Waals surface area contributed by atoms with Crippen LogP contribution in [0.2, 0.25) is 0 Å². The molecule has 56 heavy (non-hydrogen) atoms. The highest BCUT2D eigenvalue weighted by molar-refractivity contribution is 6.16. The smallest absolute Gasteiger partial charge is 0.160 e. The first-order valence-corrected chi connectivity index (χ1v) is 18.9. The first kappa shape index (κ1) is 31.9. The number of furan rings is 1. The quantitative estimate of drug-likeness (QED) is 0.172. The molecule has 0 radical (unpaired) electrons. The second-order valence-corrected chi connectivity index (χ2v) is 14.2. The van der Waals surface area contributed by atoms with Crippen molar-refractivity contribution in [3.05, 3.63) is 200 Å². The van der Waals surface area contributed by atoms with Gasteiger partial charge in [-0.05, 0) is 58.7 Å². The Morgan fingerprint density at radius 1 is 0.375 bits per heavy atom. The van der Waals surface area contributed by atoms with E-state index in [1.807, 2.05) is 36.4 Å². The molecule has 0 atom stereocenters. The Kier molecular flexibility index (Phi) is 7.46. The van der Waals surface area contributed by atoms with E-state index in [4.69, 9.17) is 14.4 Å². The van der Waals surface area contributed by atoms with Crippen molar-refractivity contribution < 1.29 is 4.42 Å². The molecule has 0 spiro atoms. The van der Waals surface area contributed by atoms with Crippen molar-refractivity contribution in [1.82, 2.24) is 14.5 Å². The number of para-hydroxylation sites is 1. The van der Waals surface area contributed by atoms with Crippen LogP contribution < -0.4 is 0 Å². The average Bonchev–Trinajstić information content (AvgIpc) is 3.83. The van der Waals surface area contributed by atoms with Gasteiger partial charge in [-0.3, -0.25) is 0 Å².